The molecule has 1 aromatic heterocycles. The average molecular weight is 373 g/mol. The molecular weight excluding hydrogens is 358 g/mol. The normalized spacial score (nSPS) is 12.6. The molecule has 0 aliphatic carbocycles. The summed E-state index contributed by atoms with van der Waals surface area (Å²) in [5.41, 5.74) is 2.46. The predicted octanol–water partition coefficient (Wildman–Crippen LogP) is 4.70. The minimum absolute atomic E-state index is 0.262. The van der Waals surface area contributed by atoms with Gasteiger partial charge in [-0.05, 0) is 52.7 Å². The van der Waals surface area contributed by atoms with Crippen molar-refractivity contribution in [3.8, 4) is 0 Å². The van der Waals surface area contributed by atoms with Gasteiger partial charge < -0.3 is 9.73 Å². The van der Waals surface area contributed by atoms with Crippen molar-refractivity contribution >= 4 is 31.9 Å². The second kappa shape index (κ2) is 6.55. The van der Waals surface area contributed by atoms with Crippen LogP contribution in [0.15, 0.2) is 50.2 Å². The zero-order valence-electron chi connectivity index (χ0n) is 10.1. The largest absolute Gasteiger partial charge is 0.457 e. The van der Waals surface area contributed by atoms with Crippen LogP contribution in [0.1, 0.15) is 24.1 Å². The molecule has 2 nitrogen and oxygen atoms in total. The molecule has 1 atom stereocenters. The Balaban J connectivity index is 2.19. The van der Waals surface area contributed by atoms with Crippen LogP contribution in [-0.2, 0) is 6.42 Å². The smallest absolute Gasteiger partial charge is 0.173 e. The van der Waals surface area contributed by atoms with Gasteiger partial charge in [-0.3, -0.25) is 0 Å². The summed E-state index contributed by atoms with van der Waals surface area (Å²) >= 11 is 6.95. The Hall–Kier alpha value is -0.580. The Morgan fingerprint density at radius 1 is 1.28 bits per heavy atom. The Kier molecular flexibility index (Phi) is 5.03. The van der Waals surface area contributed by atoms with Crippen LogP contribution in [0, 0.1) is 0 Å². The van der Waals surface area contributed by atoms with E-state index in [-0.39, 0.29) is 6.04 Å². The van der Waals surface area contributed by atoms with Crippen molar-refractivity contribution in [2.24, 2.45) is 0 Å². The summed E-state index contributed by atoms with van der Waals surface area (Å²) in [6, 6.07) is 10.7. The lowest BCUT2D eigenvalue weighted by molar-refractivity contribution is 0.506. The van der Waals surface area contributed by atoms with Crippen molar-refractivity contribution in [3.63, 3.8) is 0 Å². The second-order valence-electron chi connectivity index (χ2n) is 4.09. The molecule has 0 fully saturated rings. The Morgan fingerprint density at radius 2 is 2.11 bits per heavy atom. The molecule has 18 heavy (non-hydrogen) atoms. The zero-order valence-corrected chi connectivity index (χ0v) is 13.3. The minimum atomic E-state index is 0.262. The monoisotopic (exact) mass is 371 g/mol. The molecule has 0 aliphatic heterocycles. The second-order valence-corrected chi connectivity index (χ2v) is 5.73. The third-order valence-corrected chi connectivity index (χ3v) is 3.94. The molecule has 0 spiro atoms. The lowest BCUT2D eigenvalue weighted by Crippen LogP contribution is -2.22. The summed E-state index contributed by atoms with van der Waals surface area (Å²) < 4.78 is 7.24. The van der Waals surface area contributed by atoms with E-state index in [9.17, 15) is 0 Å². The van der Waals surface area contributed by atoms with Crippen molar-refractivity contribution < 1.29 is 4.42 Å². The van der Waals surface area contributed by atoms with E-state index < -0.39 is 0 Å². The fourth-order valence-corrected chi connectivity index (χ4v) is 2.95. The van der Waals surface area contributed by atoms with Crippen molar-refractivity contribution in [2.45, 2.75) is 19.4 Å². The molecule has 0 radical (unpaired) electrons. The number of likely N-dealkylation sites (N-methyl/N-ethyl adjacent to an activating group) is 1. The van der Waals surface area contributed by atoms with E-state index in [1.807, 2.05) is 12.1 Å². The number of halogens is 2. The predicted molar refractivity (Wildman–Crippen MR) is 80.7 cm³/mol. The van der Waals surface area contributed by atoms with Gasteiger partial charge >= 0.3 is 0 Å². The Bertz CT molecular complexity index is 510. The van der Waals surface area contributed by atoms with Gasteiger partial charge in [0.25, 0.3) is 0 Å². The maximum Gasteiger partial charge on any atom is 0.173 e. The van der Waals surface area contributed by atoms with Crippen LogP contribution in [0.25, 0.3) is 0 Å². The fourth-order valence-electron chi connectivity index (χ4n) is 1.99. The van der Waals surface area contributed by atoms with Gasteiger partial charge in [0, 0.05) is 16.1 Å². The molecule has 4 heteroatoms. The van der Waals surface area contributed by atoms with E-state index in [1.165, 1.54) is 5.56 Å². The quantitative estimate of drug-likeness (QED) is 0.822. The maximum atomic E-state index is 5.32. The van der Waals surface area contributed by atoms with Crippen LogP contribution in [0.5, 0.6) is 0 Å². The Morgan fingerprint density at radius 3 is 2.72 bits per heavy atom. The summed E-state index contributed by atoms with van der Waals surface area (Å²) in [7, 11) is 0. The van der Waals surface area contributed by atoms with Gasteiger partial charge in [0.1, 0.15) is 0 Å². The number of benzene rings is 1. The third kappa shape index (κ3) is 3.46. The van der Waals surface area contributed by atoms with Crippen molar-refractivity contribution in [1.29, 1.82) is 0 Å². The number of hydrogen-bond donors (Lipinski definition) is 1. The summed E-state index contributed by atoms with van der Waals surface area (Å²) in [4.78, 5) is 0. The lowest BCUT2D eigenvalue weighted by Gasteiger charge is -2.17. The summed E-state index contributed by atoms with van der Waals surface area (Å²) in [6.45, 7) is 3.04. The molecule has 2 aromatic rings. The molecule has 0 amide bonds. The standard InChI is InChI=1S/C14H15Br2NO/c1-2-17-13(12-6-7-18-14(12)16)9-10-4-3-5-11(15)8-10/h3-8,13,17H,2,9H2,1H3. The van der Waals surface area contributed by atoms with Gasteiger partial charge in [0.05, 0.1) is 6.26 Å². The van der Waals surface area contributed by atoms with Gasteiger partial charge in [-0.15, -0.1) is 0 Å². The van der Waals surface area contributed by atoms with E-state index in [2.05, 4.69) is 62.3 Å². The highest BCUT2D eigenvalue weighted by atomic mass is 79.9. The first-order chi connectivity index (χ1) is 8.70. The first-order valence-corrected chi connectivity index (χ1v) is 7.50. The van der Waals surface area contributed by atoms with Crippen LogP contribution in [0.4, 0.5) is 0 Å². The first-order valence-electron chi connectivity index (χ1n) is 5.91. The lowest BCUT2D eigenvalue weighted by atomic mass is 10.0. The number of furan rings is 1. The highest BCUT2D eigenvalue weighted by Crippen LogP contribution is 2.27. The van der Waals surface area contributed by atoms with Gasteiger partial charge in [0.2, 0.25) is 0 Å². The third-order valence-electron chi connectivity index (χ3n) is 2.80. The molecular formula is C14H15Br2NO. The molecule has 0 saturated carbocycles. The molecule has 1 aromatic carbocycles. The fraction of sp³-hybridized carbons (Fsp3) is 0.286. The molecule has 2 rings (SSSR count). The molecule has 1 heterocycles. The van der Waals surface area contributed by atoms with Crippen molar-refractivity contribution in [1.82, 2.24) is 5.32 Å². The van der Waals surface area contributed by atoms with E-state index in [1.54, 1.807) is 6.26 Å². The van der Waals surface area contributed by atoms with Gasteiger partial charge in [-0.1, -0.05) is 35.0 Å². The minimum Gasteiger partial charge on any atom is -0.457 e. The van der Waals surface area contributed by atoms with Crippen LogP contribution < -0.4 is 5.32 Å². The summed E-state index contributed by atoms with van der Waals surface area (Å²) in [6.07, 6.45) is 2.65. The van der Waals surface area contributed by atoms with Gasteiger partial charge in [-0.25, -0.2) is 0 Å². The zero-order chi connectivity index (χ0) is 13.0. The van der Waals surface area contributed by atoms with Crippen molar-refractivity contribution in [3.05, 3.63) is 56.9 Å². The van der Waals surface area contributed by atoms with E-state index in [4.69, 9.17) is 4.42 Å². The first kappa shape index (κ1) is 13.8. The SMILES string of the molecule is CCNC(Cc1cccc(Br)c1)c1ccoc1Br. The molecule has 0 saturated heterocycles. The topological polar surface area (TPSA) is 25.2 Å². The Labute approximate surface area is 124 Å². The molecule has 0 aliphatic rings. The summed E-state index contributed by atoms with van der Waals surface area (Å²) in [5.74, 6) is 0. The molecule has 96 valence electrons. The molecule has 1 N–H and O–H groups in total. The highest BCUT2D eigenvalue weighted by molar-refractivity contribution is 9.10. The van der Waals surface area contributed by atoms with Gasteiger partial charge in [-0.2, -0.15) is 0 Å². The van der Waals surface area contributed by atoms with Gasteiger partial charge in [0.15, 0.2) is 4.67 Å². The molecule has 0 bridgehead atoms. The van der Waals surface area contributed by atoms with Crippen LogP contribution in [-0.4, -0.2) is 6.54 Å². The average Bonchev–Trinajstić information content (AvgIpc) is 2.75. The van der Waals surface area contributed by atoms with E-state index in [0.717, 1.165) is 27.7 Å². The van der Waals surface area contributed by atoms with Crippen molar-refractivity contribution in [2.75, 3.05) is 6.54 Å². The van der Waals surface area contributed by atoms with Crippen LogP contribution in [0.2, 0.25) is 0 Å². The molecule has 1 unspecified atom stereocenters. The maximum absolute atomic E-state index is 5.32. The number of rotatable bonds is 5. The number of nitrogens with one attached hydrogen (secondary N) is 1. The van der Waals surface area contributed by atoms with Crippen LogP contribution >= 0.6 is 31.9 Å². The number of hydrogen-bond acceptors (Lipinski definition) is 2. The van der Waals surface area contributed by atoms with E-state index >= 15 is 0 Å². The van der Waals surface area contributed by atoms with Crippen LogP contribution in [0.3, 0.4) is 0 Å². The summed E-state index contributed by atoms with van der Waals surface area (Å²) in [5, 5.41) is 3.49. The highest BCUT2D eigenvalue weighted by Gasteiger charge is 2.16. The van der Waals surface area contributed by atoms with E-state index in [0.29, 0.717) is 0 Å².